The third-order valence-electron chi connectivity index (χ3n) is 3.76. The van der Waals surface area contributed by atoms with Crippen LogP contribution in [0.5, 0.6) is 11.5 Å². The summed E-state index contributed by atoms with van der Waals surface area (Å²) < 4.78 is 16.8. The van der Waals surface area contributed by atoms with Crippen LogP contribution in [0.4, 0.5) is 5.69 Å². The Bertz CT molecular complexity index is 595. The van der Waals surface area contributed by atoms with Crippen LogP contribution in [0.15, 0.2) is 48.5 Å². The summed E-state index contributed by atoms with van der Waals surface area (Å²) in [7, 11) is 1.67. The smallest absolute Gasteiger partial charge is 0.162 e. The fourth-order valence-electron chi connectivity index (χ4n) is 2.53. The Morgan fingerprint density at radius 3 is 2.50 bits per heavy atom. The maximum absolute atomic E-state index is 5.89. The van der Waals surface area contributed by atoms with Crippen LogP contribution in [0.2, 0.25) is 0 Å². The summed E-state index contributed by atoms with van der Waals surface area (Å²) in [6, 6.07) is 16.2. The van der Waals surface area contributed by atoms with Gasteiger partial charge in [-0.3, -0.25) is 0 Å². The number of hydrogen-bond donors (Lipinski definition) is 0. The topological polar surface area (TPSA) is 30.9 Å². The van der Waals surface area contributed by atoms with Crippen molar-refractivity contribution < 1.29 is 14.2 Å². The third-order valence-corrected chi connectivity index (χ3v) is 3.76. The molecule has 0 aliphatic carbocycles. The number of ether oxygens (including phenoxy) is 3. The molecule has 1 heterocycles. The summed E-state index contributed by atoms with van der Waals surface area (Å²) in [6.07, 6.45) is 0. The van der Waals surface area contributed by atoms with E-state index in [2.05, 4.69) is 23.1 Å². The first-order valence-corrected chi connectivity index (χ1v) is 7.54. The standard InChI is InChI=1S/C18H21NO3/c1-20-18-13-16(19-9-11-21-12-10-19)7-8-17(18)22-14-15-5-3-2-4-6-15/h2-8,13H,9-12,14H2,1H3. The van der Waals surface area contributed by atoms with Crippen LogP contribution in [0.25, 0.3) is 0 Å². The number of nitrogens with zero attached hydrogens (tertiary/aromatic N) is 1. The lowest BCUT2D eigenvalue weighted by atomic mass is 10.2. The minimum Gasteiger partial charge on any atom is -0.493 e. The summed E-state index contributed by atoms with van der Waals surface area (Å²) in [5.41, 5.74) is 2.29. The summed E-state index contributed by atoms with van der Waals surface area (Å²) >= 11 is 0. The molecule has 22 heavy (non-hydrogen) atoms. The molecule has 2 aromatic carbocycles. The van der Waals surface area contributed by atoms with Crippen LogP contribution >= 0.6 is 0 Å². The zero-order chi connectivity index (χ0) is 15.2. The molecule has 0 N–H and O–H groups in total. The van der Waals surface area contributed by atoms with Gasteiger partial charge in [0.1, 0.15) is 6.61 Å². The Morgan fingerprint density at radius 1 is 1.00 bits per heavy atom. The van der Waals surface area contributed by atoms with Crippen molar-refractivity contribution in [2.75, 3.05) is 38.3 Å². The van der Waals surface area contributed by atoms with Crippen molar-refractivity contribution in [3.8, 4) is 11.5 Å². The number of methoxy groups -OCH3 is 1. The van der Waals surface area contributed by atoms with Gasteiger partial charge in [0, 0.05) is 24.8 Å². The zero-order valence-corrected chi connectivity index (χ0v) is 12.8. The van der Waals surface area contributed by atoms with Crippen molar-refractivity contribution in [3.05, 3.63) is 54.1 Å². The molecule has 1 aliphatic heterocycles. The van der Waals surface area contributed by atoms with E-state index < -0.39 is 0 Å². The van der Waals surface area contributed by atoms with E-state index in [-0.39, 0.29) is 0 Å². The highest BCUT2D eigenvalue weighted by Gasteiger charge is 2.14. The fraction of sp³-hybridized carbons (Fsp3) is 0.333. The largest absolute Gasteiger partial charge is 0.493 e. The van der Waals surface area contributed by atoms with E-state index >= 15 is 0 Å². The number of morpholine rings is 1. The van der Waals surface area contributed by atoms with Gasteiger partial charge in [-0.25, -0.2) is 0 Å². The van der Waals surface area contributed by atoms with Crippen LogP contribution in [0.3, 0.4) is 0 Å². The second-order valence-corrected chi connectivity index (χ2v) is 5.21. The van der Waals surface area contributed by atoms with Crippen molar-refractivity contribution in [1.29, 1.82) is 0 Å². The van der Waals surface area contributed by atoms with Crippen molar-refractivity contribution in [1.82, 2.24) is 0 Å². The fourth-order valence-corrected chi connectivity index (χ4v) is 2.53. The zero-order valence-electron chi connectivity index (χ0n) is 12.8. The second-order valence-electron chi connectivity index (χ2n) is 5.21. The third kappa shape index (κ3) is 3.52. The van der Waals surface area contributed by atoms with E-state index in [0.29, 0.717) is 6.61 Å². The van der Waals surface area contributed by atoms with Crippen molar-refractivity contribution in [2.24, 2.45) is 0 Å². The molecule has 116 valence electrons. The molecule has 4 heteroatoms. The Kier molecular flexibility index (Phi) is 4.81. The van der Waals surface area contributed by atoms with Gasteiger partial charge in [0.2, 0.25) is 0 Å². The van der Waals surface area contributed by atoms with Crippen LogP contribution in [0.1, 0.15) is 5.56 Å². The van der Waals surface area contributed by atoms with E-state index in [1.165, 1.54) is 0 Å². The molecule has 0 bridgehead atoms. The van der Waals surface area contributed by atoms with Crippen molar-refractivity contribution in [3.63, 3.8) is 0 Å². The lowest BCUT2D eigenvalue weighted by molar-refractivity contribution is 0.122. The van der Waals surface area contributed by atoms with E-state index in [9.17, 15) is 0 Å². The molecule has 0 saturated carbocycles. The molecular formula is C18H21NO3. The van der Waals surface area contributed by atoms with Crippen LogP contribution < -0.4 is 14.4 Å². The van der Waals surface area contributed by atoms with Gasteiger partial charge in [0.15, 0.2) is 11.5 Å². The first kappa shape index (κ1) is 14.7. The number of anilines is 1. The van der Waals surface area contributed by atoms with Crippen molar-refractivity contribution >= 4 is 5.69 Å². The second kappa shape index (κ2) is 7.18. The van der Waals surface area contributed by atoms with Gasteiger partial charge in [-0.15, -0.1) is 0 Å². The first-order valence-electron chi connectivity index (χ1n) is 7.54. The van der Waals surface area contributed by atoms with Gasteiger partial charge in [0.25, 0.3) is 0 Å². The predicted molar refractivity (Wildman–Crippen MR) is 86.8 cm³/mol. The Balaban J connectivity index is 1.71. The highest BCUT2D eigenvalue weighted by molar-refractivity contribution is 5.56. The molecule has 0 aromatic heterocycles. The average Bonchev–Trinajstić information content (AvgIpc) is 2.61. The molecular weight excluding hydrogens is 278 g/mol. The number of rotatable bonds is 5. The molecule has 0 radical (unpaired) electrons. The van der Waals surface area contributed by atoms with Gasteiger partial charge < -0.3 is 19.1 Å². The van der Waals surface area contributed by atoms with E-state index in [4.69, 9.17) is 14.2 Å². The number of benzene rings is 2. The summed E-state index contributed by atoms with van der Waals surface area (Å²) in [5.74, 6) is 1.53. The molecule has 0 atom stereocenters. The van der Waals surface area contributed by atoms with E-state index in [0.717, 1.165) is 49.1 Å². The molecule has 1 saturated heterocycles. The maximum Gasteiger partial charge on any atom is 0.162 e. The quantitative estimate of drug-likeness (QED) is 0.849. The molecule has 0 unspecified atom stereocenters. The molecule has 0 spiro atoms. The average molecular weight is 299 g/mol. The van der Waals surface area contributed by atoms with E-state index in [1.807, 2.05) is 30.3 Å². The van der Waals surface area contributed by atoms with Gasteiger partial charge in [-0.05, 0) is 17.7 Å². The summed E-state index contributed by atoms with van der Waals surface area (Å²) in [5, 5.41) is 0. The molecule has 0 amide bonds. The lowest BCUT2D eigenvalue weighted by Crippen LogP contribution is -2.36. The van der Waals surface area contributed by atoms with Gasteiger partial charge in [-0.1, -0.05) is 30.3 Å². The van der Waals surface area contributed by atoms with Gasteiger partial charge in [0.05, 0.1) is 20.3 Å². The SMILES string of the molecule is COc1cc(N2CCOCC2)ccc1OCc1ccccc1. The molecule has 4 nitrogen and oxygen atoms in total. The summed E-state index contributed by atoms with van der Waals surface area (Å²) in [6.45, 7) is 3.90. The first-order chi connectivity index (χ1) is 10.9. The van der Waals surface area contributed by atoms with Crippen LogP contribution in [0, 0.1) is 0 Å². The Labute approximate surface area is 131 Å². The molecule has 1 fully saturated rings. The van der Waals surface area contributed by atoms with E-state index in [1.54, 1.807) is 7.11 Å². The highest BCUT2D eigenvalue weighted by Crippen LogP contribution is 2.32. The Morgan fingerprint density at radius 2 is 1.77 bits per heavy atom. The van der Waals surface area contributed by atoms with Crippen molar-refractivity contribution in [2.45, 2.75) is 6.61 Å². The van der Waals surface area contributed by atoms with Gasteiger partial charge >= 0.3 is 0 Å². The molecule has 2 aromatic rings. The minimum atomic E-state index is 0.536. The van der Waals surface area contributed by atoms with Gasteiger partial charge in [-0.2, -0.15) is 0 Å². The highest BCUT2D eigenvalue weighted by atomic mass is 16.5. The maximum atomic E-state index is 5.89. The van der Waals surface area contributed by atoms with Crippen LogP contribution in [-0.2, 0) is 11.3 Å². The number of hydrogen-bond acceptors (Lipinski definition) is 4. The molecule has 1 aliphatic rings. The predicted octanol–water partition coefficient (Wildman–Crippen LogP) is 3.11. The van der Waals surface area contributed by atoms with Crippen LogP contribution in [-0.4, -0.2) is 33.4 Å². The monoisotopic (exact) mass is 299 g/mol. The normalized spacial score (nSPS) is 14.7. The lowest BCUT2D eigenvalue weighted by Gasteiger charge is -2.29. The minimum absolute atomic E-state index is 0.536. The summed E-state index contributed by atoms with van der Waals surface area (Å²) in [4.78, 5) is 2.30. The molecule has 3 rings (SSSR count). The Hall–Kier alpha value is -2.20.